The van der Waals surface area contributed by atoms with Crippen molar-refractivity contribution < 1.29 is 83.4 Å². The van der Waals surface area contributed by atoms with Crippen LogP contribution in [0.25, 0.3) is 0 Å². The van der Waals surface area contributed by atoms with Crippen LogP contribution in [0.2, 0.25) is 0 Å². The van der Waals surface area contributed by atoms with Crippen LogP contribution in [-0.4, -0.2) is 67.9 Å². The molecule has 0 aliphatic carbocycles. The van der Waals surface area contributed by atoms with Gasteiger partial charge in [-0.2, -0.15) is 0 Å². The van der Waals surface area contributed by atoms with E-state index in [4.69, 9.17) is 15.1 Å². The molecular formula is H5BLaO3SrY. The Morgan fingerprint density at radius 3 is 1.00 bits per heavy atom. The second kappa shape index (κ2) is 16.4. The molecule has 0 aromatic rings. The standard InChI is InChI=1S/BH3O3.La.Sr.Y.2H/c2-1(3)4;;;;;/h2-4H;;;;;. The summed E-state index contributed by atoms with van der Waals surface area (Å²) in [6.07, 6.45) is 0. The fourth-order valence-electron chi connectivity index (χ4n) is 0. The normalized spacial score (nSPS) is 3.86. The summed E-state index contributed by atoms with van der Waals surface area (Å²) in [6.45, 7) is 0. The Labute approximate surface area is 133 Å². The molecule has 7 heavy (non-hydrogen) atoms. The van der Waals surface area contributed by atoms with Crippen molar-refractivity contribution in [3.05, 3.63) is 0 Å². The van der Waals surface area contributed by atoms with Gasteiger partial charge in [-0.1, -0.05) is 0 Å². The zero-order chi connectivity index (χ0) is 3.58. The first-order valence-electron chi connectivity index (χ1n) is 0.775. The molecule has 0 spiro atoms. The van der Waals surface area contributed by atoms with Gasteiger partial charge >= 0.3 is 52.8 Å². The topological polar surface area (TPSA) is 60.7 Å². The van der Waals surface area contributed by atoms with Crippen molar-refractivity contribution in [2.45, 2.75) is 0 Å². The van der Waals surface area contributed by atoms with Crippen LogP contribution in [0.4, 0.5) is 0 Å². The Morgan fingerprint density at radius 1 is 1.00 bits per heavy atom. The third kappa shape index (κ3) is 41.8. The molecule has 3 N–H and O–H groups in total. The summed E-state index contributed by atoms with van der Waals surface area (Å²) in [5.74, 6) is 0. The molecule has 0 atom stereocenters. The number of rotatable bonds is 0. The van der Waals surface area contributed by atoms with E-state index >= 15 is 0 Å². The first kappa shape index (κ1) is 22.4. The van der Waals surface area contributed by atoms with E-state index in [1.54, 1.807) is 0 Å². The molecule has 34 valence electrons. The van der Waals surface area contributed by atoms with Gasteiger partial charge in [0.1, 0.15) is 0 Å². The number of hydrogen-bond acceptors (Lipinski definition) is 3. The van der Waals surface area contributed by atoms with Gasteiger partial charge in [-0.3, -0.25) is 0 Å². The molecule has 2 radical (unpaired) electrons. The second-order valence-corrected chi connectivity index (χ2v) is 0.346. The molecule has 0 amide bonds. The molecule has 0 fully saturated rings. The minimum absolute atomic E-state index is 0. The van der Waals surface area contributed by atoms with E-state index in [9.17, 15) is 0 Å². The van der Waals surface area contributed by atoms with Crippen LogP contribution >= 0.6 is 0 Å². The van der Waals surface area contributed by atoms with Crippen molar-refractivity contribution in [3.63, 3.8) is 0 Å². The minimum Gasteiger partial charge on any atom is 0 e. The molecule has 0 unspecified atom stereocenters. The van der Waals surface area contributed by atoms with E-state index in [-0.39, 0.29) is 114 Å². The van der Waals surface area contributed by atoms with Gasteiger partial charge in [-0.15, -0.1) is 0 Å². The summed E-state index contributed by atoms with van der Waals surface area (Å²) in [7, 11) is -2.17. The first-order chi connectivity index (χ1) is 1.73. The van der Waals surface area contributed by atoms with E-state index in [1.807, 2.05) is 0 Å². The average Bonchev–Trinajstić information content (AvgIpc) is 0.811. The van der Waals surface area contributed by atoms with E-state index in [2.05, 4.69) is 0 Å². The van der Waals surface area contributed by atoms with E-state index in [1.165, 1.54) is 0 Å². The van der Waals surface area contributed by atoms with Gasteiger partial charge in [0.2, 0.25) is 0 Å². The first-order valence-corrected chi connectivity index (χ1v) is 0.775. The summed E-state index contributed by atoms with van der Waals surface area (Å²) in [4.78, 5) is 0. The van der Waals surface area contributed by atoms with Crippen LogP contribution in [0.1, 0.15) is 0 Å². The molecule has 0 bridgehead atoms. The summed E-state index contributed by atoms with van der Waals surface area (Å²) >= 11 is 0. The number of hydrogen-bond donors (Lipinski definition) is 3. The van der Waals surface area contributed by atoms with Crippen molar-refractivity contribution in [1.82, 2.24) is 0 Å². The molecule has 0 heterocycles. The Hall–Kier alpha value is 3.72. The predicted molar refractivity (Wildman–Crippen MR) is 21.0 cm³/mol. The Balaban J connectivity index is -0.0000000150. The van der Waals surface area contributed by atoms with Gasteiger partial charge in [0.05, 0.1) is 0 Å². The van der Waals surface area contributed by atoms with Crippen LogP contribution in [0.15, 0.2) is 0 Å². The molecule has 0 aliphatic rings. The molecule has 7 heteroatoms. The zero-order valence-corrected chi connectivity index (χ0v) is 9.54. The van der Waals surface area contributed by atoms with Crippen LogP contribution in [0.3, 0.4) is 0 Å². The van der Waals surface area contributed by atoms with Crippen LogP contribution in [0, 0.1) is 35.6 Å². The van der Waals surface area contributed by atoms with Gasteiger partial charge in [0, 0.05) is 68.3 Å². The van der Waals surface area contributed by atoms with Crippen molar-refractivity contribution >= 4 is 52.8 Å². The van der Waals surface area contributed by atoms with Gasteiger partial charge in [0.15, 0.2) is 0 Å². The monoisotopic (exact) mass is 380 g/mol. The molecule has 0 saturated carbocycles. The van der Waals surface area contributed by atoms with Crippen molar-refractivity contribution in [2.24, 2.45) is 0 Å². The maximum Gasteiger partial charge on any atom is 0 e. The van der Waals surface area contributed by atoms with Crippen molar-refractivity contribution in [3.8, 4) is 0 Å². The SMILES string of the molecule is OB(O)O.[La].[SrH2].[Y]. The molecule has 0 aromatic heterocycles. The quantitative estimate of drug-likeness (QED) is 0.394. The Morgan fingerprint density at radius 2 is 1.00 bits per heavy atom. The molecular weight excluding hydrogens is 374 g/mol. The van der Waals surface area contributed by atoms with E-state index in [0.29, 0.717) is 0 Å². The van der Waals surface area contributed by atoms with E-state index < -0.39 is 7.32 Å². The van der Waals surface area contributed by atoms with Crippen LogP contribution in [0.5, 0.6) is 0 Å². The Bertz CT molecular complexity index is 19.7. The van der Waals surface area contributed by atoms with E-state index in [0.717, 1.165) is 0 Å². The maximum absolute atomic E-state index is 7.17. The third-order valence-electron chi connectivity index (χ3n) is 0. The van der Waals surface area contributed by atoms with Crippen molar-refractivity contribution in [1.29, 1.82) is 0 Å². The summed E-state index contributed by atoms with van der Waals surface area (Å²) in [5.41, 5.74) is 0. The van der Waals surface area contributed by atoms with Gasteiger partial charge in [-0.25, -0.2) is 0 Å². The summed E-state index contributed by atoms with van der Waals surface area (Å²) in [6, 6.07) is 0. The molecule has 0 aliphatic heterocycles. The fraction of sp³-hybridized carbons (Fsp3) is 0. The zero-order valence-electron chi connectivity index (χ0n) is 3.07. The Kier molecular flexibility index (Phi) is 52.4. The largest absolute Gasteiger partial charge is 0 e. The fourth-order valence-corrected chi connectivity index (χ4v) is 0. The van der Waals surface area contributed by atoms with Gasteiger partial charge in [-0.05, 0) is 0 Å². The van der Waals surface area contributed by atoms with Crippen LogP contribution in [-0.2, 0) is 32.7 Å². The minimum atomic E-state index is -2.17. The molecule has 3 nitrogen and oxygen atoms in total. The third-order valence-corrected chi connectivity index (χ3v) is 0. The molecule has 0 rings (SSSR count). The smallest absolute Gasteiger partial charge is 0 e. The summed E-state index contributed by atoms with van der Waals surface area (Å²) in [5, 5.41) is 21.5. The second-order valence-electron chi connectivity index (χ2n) is 0.346. The molecule has 0 aromatic carbocycles. The predicted octanol–water partition coefficient (Wildman–Crippen LogP) is -2.97. The summed E-state index contributed by atoms with van der Waals surface area (Å²) < 4.78 is 0. The molecule has 0 saturated heterocycles. The maximum atomic E-state index is 7.17. The average molecular weight is 379 g/mol. The van der Waals surface area contributed by atoms with Gasteiger partial charge < -0.3 is 15.1 Å². The van der Waals surface area contributed by atoms with Crippen LogP contribution < -0.4 is 0 Å². The van der Waals surface area contributed by atoms with Gasteiger partial charge in [0.25, 0.3) is 0 Å². The van der Waals surface area contributed by atoms with Crippen molar-refractivity contribution in [2.75, 3.05) is 0 Å².